The molecule has 3 N–H and O–H groups in total. The predicted octanol–water partition coefficient (Wildman–Crippen LogP) is 2.24. The number of Topliss-reactive ketones (excluding diaryl/α,β-unsaturated/α-hetero) is 1. The number of rotatable bonds is 9. The molecule has 8 heteroatoms. The number of nitrogens with zero attached hydrogens (tertiary/aromatic N) is 1. The van der Waals surface area contributed by atoms with Gasteiger partial charge in [-0.3, -0.25) is 9.59 Å². The molecule has 0 saturated heterocycles. The van der Waals surface area contributed by atoms with E-state index < -0.39 is 17.7 Å². The van der Waals surface area contributed by atoms with Gasteiger partial charge in [0.05, 0.1) is 16.4 Å². The van der Waals surface area contributed by atoms with Crippen molar-refractivity contribution in [3.8, 4) is 0 Å². The lowest BCUT2D eigenvalue weighted by Gasteiger charge is -2.20. The molecule has 0 radical (unpaired) electrons. The molecule has 0 aromatic carbocycles. The van der Waals surface area contributed by atoms with E-state index in [1.165, 1.54) is 0 Å². The van der Waals surface area contributed by atoms with Gasteiger partial charge in [0.2, 0.25) is 5.91 Å². The van der Waals surface area contributed by atoms with Crippen LogP contribution in [0.4, 0.5) is 4.79 Å². The Bertz CT molecular complexity index is 544. The normalized spacial score (nSPS) is 15.7. The third kappa shape index (κ3) is 8.76. The van der Waals surface area contributed by atoms with Crippen molar-refractivity contribution < 1.29 is 23.9 Å². The first-order chi connectivity index (χ1) is 12.2. The average Bonchev–Trinajstić information content (AvgIpc) is 3.06. The summed E-state index contributed by atoms with van der Waals surface area (Å²) < 4.78 is 5.15. The van der Waals surface area contributed by atoms with Crippen molar-refractivity contribution in [1.29, 1.82) is 5.53 Å². The molecule has 1 saturated carbocycles. The Morgan fingerprint density at radius 3 is 2.46 bits per heavy atom. The van der Waals surface area contributed by atoms with Gasteiger partial charge in [-0.15, -0.1) is 0 Å². The second-order valence-corrected chi connectivity index (χ2v) is 7.63. The van der Waals surface area contributed by atoms with Crippen molar-refractivity contribution in [1.82, 2.24) is 10.6 Å². The average molecular weight is 367 g/mol. The van der Waals surface area contributed by atoms with Crippen molar-refractivity contribution in [3.63, 3.8) is 0 Å². The fourth-order valence-corrected chi connectivity index (χ4v) is 2.89. The van der Waals surface area contributed by atoms with Crippen LogP contribution in [0.1, 0.15) is 65.7 Å². The zero-order valence-corrected chi connectivity index (χ0v) is 16.0. The first-order valence-corrected chi connectivity index (χ1v) is 9.24. The quantitative estimate of drug-likeness (QED) is 0.250. The van der Waals surface area contributed by atoms with Gasteiger partial charge in [-0.05, 0) is 52.9 Å². The van der Waals surface area contributed by atoms with E-state index in [0.717, 1.165) is 31.9 Å². The first kappa shape index (κ1) is 21.8. The van der Waals surface area contributed by atoms with E-state index in [1.54, 1.807) is 20.8 Å². The van der Waals surface area contributed by atoms with Gasteiger partial charge in [0.25, 0.3) is 5.78 Å². The van der Waals surface area contributed by atoms with Crippen LogP contribution in [0.15, 0.2) is 0 Å². The van der Waals surface area contributed by atoms with Crippen LogP contribution in [0.25, 0.3) is 0 Å². The van der Waals surface area contributed by atoms with Crippen LogP contribution in [-0.2, 0) is 14.3 Å². The molecule has 0 aliphatic heterocycles. The van der Waals surface area contributed by atoms with Crippen molar-refractivity contribution in [2.45, 2.75) is 77.4 Å². The van der Waals surface area contributed by atoms with Crippen LogP contribution in [-0.4, -0.2) is 47.0 Å². The van der Waals surface area contributed by atoms with Crippen LogP contribution >= 0.6 is 0 Å². The van der Waals surface area contributed by atoms with Gasteiger partial charge in [-0.2, -0.15) is 0 Å². The molecule has 1 atom stereocenters. The Morgan fingerprint density at radius 1 is 1.23 bits per heavy atom. The highest BCUT2D eigenvalue weighted by Gasteiger charge is 2.28. The van der Waals surface area contributed by atoms with Crippen LogP contribution in [0, 0.1) is 11.4 Å². The summed E-state index contributed by atoms with van der Waals surface area (Å²) >= 11 is 0. The molecule has 0 heterocycles. The number of carbonyl (C=O) groups excluding carboxylic acids is 3. The van der Waals surface area contributed by atoms with Gasteiger partial charge in [-0.25, -0.2) is 4.79 Å². The highest BCUT2D eigenvalue weighted by atomic mass is 16.6. The molecular weight excluding hydrogens is 336 g/mol. The van der Waals surface area contributed by atoms with Crippen molar-refractivity contribution in [2.24, 2.45) is 5.92 Å². The Balaban J connectivity index is 2.38. The molecule has 2 amide bonds. The Hall–Kier alpha value is -2.21. The lowest BCUT2D eigenvalue weighted by atomic mass is 10.0. The summed E-state index contributed by atoms with van der Waals surface area (Å²) in [6, 6.07) is -0.668. The maximum atomic E-state index is 12.2. The number of carbonyl (C=O) groups is 3. The van der Waals surface area contributed by atoms with Crippen LogP contribution in [0.5, 0.6) is 0 Å². The number of hydrogen-bond donors (Lipinski definition) is 3. The Morgan fingerprint density at radius 2 is 1.88 bits per heavy atom. The number of hydrogen-bond acceptors (Lipinski definition) is 5. The Labute approximate surface area is 154 Å². The van der Waals surface area contributed by atoms with Crippen molar-refractivity contribution >= 4 is 24.0 Å². The highest BCUT2D eigenvalue weighted by molar-refractivity contribution is 6.28. The van der Waals surface area contributed by atoms with E-state index >= 15 is 0 Å². The zero-order chi connectivity index (χ0) is 19.6. The SMILES string of the molecule is CC(C)(C)OC(=O)NCCCC[C@@H](NC(=O)C1CCCC1)C(=O)C=[N+]=N. The van der Waals surface area contributed by atoms with Gasteiger partial charge in [-0.1, -0.05) is 12.8 Å². The number of alkyl carbamates (subject to hydrolysis) is 1. The van der Waals surface area contributed by atoms with Gasteiger partial charge >= 0.3 is 12.3 Å². The molecule has 26 heavy (non-hydrogen) atoms. The van der Waals surface area contributed by atoms with Crippen LogP contribution in [0.2, 0.25) is 0 Å². The molecule has 0 aromatic heterocycles. The molecular formula is C18H31N4O4+. The molecule has 0 aromatic rings. The molecule has 146 valence electrons. The third-order valence-electron chi connectivity index (χ3n) is 4.17. The second kappa shape index (κ2) is 10.7. The van der Waals surface area contributed by atoms with E-state index in [1.807, 2.05) is 0 Å². The molecule has 0 spiro atoms. The van der Waals surface area contributed by atoms with Gasteiger partial charge in [0.15, 0.2) is 0 Å². The maximum absolute atomic E-state index is 12.2. The molecule has 1 aliphatic rings. The summed E-state index contributed by atoms with van der Waals surface area (Å²) in [5.41, 5.74) is 6.27. The minimum Gasteiger partial charge on any atom is -0.444 e. The van der Waals surface area contributed by atoms with E-state index in [0.29, 0.717) is 25.8 Å². The van der Waals surface area contributed by atoms with E-state index in [4.69, 9.17) is 10.3 Å². The van der Waals surface area contributed by atoms with Crippen molar-refractivity contribution in [2.75, 3.05) is 6.54 Å². The molecule has 0 bridgehead atoms. The summed E-state index contributed by atoms with van der Waals surface area (Å²) in [5.74, 6) is -0.482. The zero-order valence-electron chi connectivity index (χ0n) is 16.0. The molecule has 8 nitrogen and oxygen atoms in total. The number of unbranched alkanes of at least 4 members (excludes halogenated alkanes) is 1. The number of nitrogens with one attached hydrogen (secondary N) is 3. The minimum absolute atomic E-state index is 0.0212. The highest BCUT2D eigenvalue weighted by Crippen LogP contribution is 2.24. The van der Waals surface area contributed by atoms with E-state index in [-0.39, 0.29) is 17.6 Å². The van der Waals surface area contributed by atoms with Gasteiger partial charge in [0.1, 0.15) is 5.60 Å². The van der Waals surface area contributed by atoms with E-state index in [9.17, 15) is 14.4 Å². The molecule has 1 aliphatic carbocycles. The maximum Gasteiger partial charge on any atom is 0.407 e. The minimum atomic E-state index is -0.668. The fourth-order valence-electron chi connectivity index (χ4n) is 2.89. The largest absolute Gasteiger partial charge is 0.444 e. The third-order valence-corrected chi connectivity index (χ3v) is 4.17. The molecule has 1 fully saturated rings. The summed E-state index contributed by atoms with van der Waals surface area (Å²) in [5, 5.41) is 5.46. The smallest absolute Gasteiger partial charge is 0.407 e. The summed E-state index contributed by atoms with van der Waals surface area (Å²) in [6.07, 6.45) is 6.00. The molecule has 1 rings (SSSR count). The fraction of sp³-hybridized carbons (Fsp3) is 0.778. The van der Waals surface area contributed by atoms with Crippen LogP contribution < -0.4 is 10.6 Å². The summed E-state index contributed by atoms with van der Waals surface area (Å²) in [6.45, 7) is 5.82. The number of ether oxygens (including phenoxy) is 1. The van der Waals surface area contributed by atoms with Crippen LogP contribution in [0.3, 0.4) is 0 Å². The Kier molecular flexibility index (Phi) is 8.99. The lowest BCUT2D eigenvalue weighted by Crippen LogP contribution is -2.44. The molecule has 0 unspecified atom stereocenters. The number of amides is 2. The lowest BCUT2D eigenvalue weighted by molar-refractivity contribution is -0.135. The summed E-state index contributed by atoms with van der Waals surface area (Å²) in [7, 11) is 0. The van der Waals surface area contributed by atoms with Gasteiger partial charge in [0, 0.05) is 12.5 Å². The second-order valence-electron chi connectivity index (χ2n) is 7.63. The van der Waals surface area contributed by atoms with Gasteiger partial charge < -0.3 is 15.4 Å². The van der Waals surface area contributed by atoms with E-state index in [2.05, 4.69) is 15.4 Å². The predicted molar refractivity (Wildman–Crippen MR) is 96.0 cm³/mol. The topological polar surface area (TPSA) is 122 Å². The first-order valence-electron chi connectivity index (χ1n) is 9.24. The monoisotopic (exact) mass is 367 g/mol. The standard InChI is InChI=1S/C18H30N4O4/c1-18(2,3)26-17(25)20-11-7-6-10-14(15(23)12-21-19)22-16(24)13-8-4-5-9-13/h12-14,19H,4-11H2,1-3H3,(H-,20,22,24,25)/p+1/t14-/m1/s1. The van der Waals surface area contributed by atoms with Crippen molar-refractivity contribution in [3.05, 3.63) is 0 Å². The summed E-state index contributed by atoms with van der Waals surface area (Å²) in [4.78, 5) is 38.9. The number of ketones is 1.